The molecule has 0 spiro atoms. The lowest BCUT2D eigenvalue weighted by Gasteiger charge is -2.16. The molecule has 0 unspecified atom stereocenters. The molecule has 0 aliphatic carbocycles. The lowest BCUT2D eigenvalue weighted by molar-refractivity contribution is -0.155. The second kappa shape index (κ2) is 6.67. The summed E-state index contributed by atoms with van der Waals surface area (Å²) in [5, 5.41) is 4.37. The smallest absolute Gasteiger partial charge is 0.329 e. The first-order valence-electron chi connectivity index (χ1n) is 6.74. The predicted molar refractivity (Wildman–Crippen MR) is 71.7 cm³/mol. The summed E-state index contributed by atoms with van der Waals surface area (Å²) in [4.78, 5) is 34.5. The molecule has 2 amide bonds. The molecule has 1 aromatic rings. The van der Waals surface area contributed by atoms with Crippen LogP contribution in [0.4, 0.5) is 18.9 Å². The molecule has 1 aliphatic heterocycles. The number of ether oxygens (including phenoxy) is 1. The summed E-state index contributed by atoms with van der Waals surface area (Å²) < 4.78 is 44.2. The highest BCUT2D eigenvalue weighted by Gasteiger charge is 2.31. The fourth-order valence-electron chi connectivity index (χ4n) is 1.96. The summed E-state index contributed by atoms with van der Waals surface area (Å²) in [7, 11) is 0. The second-order valence-corrected chi connectivity index (χ2v) is 4.95. The average molecular weight is 330 g/mol. The minimum absolute atomic E-state index is 0.181. The average Bonchev–Trinajstić information content (AvgIpc) is 2.94. The Balaban J connectivity index is 1.96. The monoisotopic (exact) mass is 330 g/mol. The molecule has 1 saturated heterocycles. The Morgan fingerprint density at radius 2 is 2.00 bits per heavy atom. The molecule has 0 aromatic heterocycles. The molecule has 2 N–H and O–H groups in total. The van der Waals surface area contributed by atoms with E-state index in [9.17, 15) is 27.6 Å². The van der Waals surface area contributed by atoms with Gasteiger partial charge in [0, 0.05) is 6.42 Å². The van der Waals surface area contributed by atoms with Crippen molar-refractivity contribution in [1.82, 2.24) is 5.32 Å². The van der Waals surface area contributed by atoms with E-state index in [0.29, 0.717) is 6.07 Å². The van der Waals surface area contributed by atoms with Gasteiger partial charge in [-0.1, -0.05) is 0 Å². The summed E-state index contributed by atoms with van der Waals surface area (Å²) >= 11 is 0. The molecule has 124 valence electrons. The molecule has 1 aliphatic rings. The fourth-order valence-corrected chi connectivity index (χ4v) is 1.96. The van der Waals surface area contributed by atoms with E-state index in [2.05, 4.69) is 5.32 Å². The van der Waals surface area contributed by atoms with Crippen molar-refractivity contribution < 1.29 is 32.3 Å². The lowest BCUT2D eigenvalue weighted by atomic mass is 10.2. The number of anilines is 1. The highest BCUT2D eigenvalue weighted by Crippen LogP contribution is 2.20. The molecule has 23 heavy (non-hydrogen) atoms. The van der Waals surface area contributed by atoms with Crippen LogP contribution in [-0.4, -0.2) is 29.9 Å². The first-order chi connectivity index (χ1) is 10.8. The minimum Gasteiger partial charge on any atom is -0.451 e. The minimum atomic E-state index is -1.72. The van der Waals surface area contributed by atoms with Gasteiger partial charge in [0.1, 0.15) is 6.04 Å². The number of carbonyl (C=O) groups excluding carboxylic acids is 3. The molecule has 0 bridgehead atoms. The van der Waals surface area contributed by atoms with Crippen LogP contribution in [-0.2, 0) is 19.1 Å². The van der Waals surface area contributed by atoms with Crippen molar-refractivity contribution >= 4 is 23.5 Å². The molecule has 0 radical (unpaired) electrons. The van der Waals surface area contributed by atoms with Crippen molar-refractivity contribution in [1.29, 1.82) is 0 Å². The third kappa shape index (κ3) is 3.79. The van der Waals surface area contributed by atoms with E-state index in [1.165, 1.54) is 6.92 Å². The number of amides is 2. The summed E-state index contributed by atoms with van der Waals surface area (Å²) in [6.07, 6.45) is -0.878. The summed E-state index contributed by atoms with van der Waals surface area (Å²) in [6, 6.07) is 0.661. The van der Waals surface area contributed by atoms with Crippen LogP contribution in [0.2, 0.25) is 0 Å². The van der Waals surface area contributed by atoms with E-state index >= 15 is 0 Å². The van der Waals surface area contributed by atoms with Crippen molar-refractivity contribution in [2.45, 2.75) is 31.9 Å². The van der Waals surface area contributed by atoms with E-state index < -0.39 is 47.2 Å². The fraction of sp³-hybridized carbons (Fsp3) is 0.357. The Hall–Kier alpha value is -2.58. The molecular formula is C14H13F3N2O4. The maximum Gasteiger partial charge on any atom is 0.329 e. The van der Waals surface area contributed by atoms with Gasteiger partial charge in [0.05, 0.1) is 5.69 Å². The third-order valence-corrected chi connectivity index (χ3v) is 3.24. The van der Waals surface area contributed by atoms with Crippen molar-refractivity contribution in [2.24, 2.45) is 0 Å². The van der Waals surface area contributed by atoms with Gasteiger partial charge in [-0.15, -0.1) is 0 Å². The van der Waals surface area contributed by atoms with Gasteiger partial charge in [0.2, 0.25) is 5.91 Å². The van der Waals surface area contributed by atoms with Gasteiger partial charge in [0.25, 0.3) is 5.91 Å². The predicted octanol–water partition coefficient (Wildman–Crippen LogP) is 1.25. The van der Waals surface area contributed by atoms with Crippen LogP contribution < -0.4 is 10.6 Å². The summed E-state index contributed by atoms with van der Waals surface area (Å²) in [5.74, 6) is -6.69. The zero-order valence-corrected chi connectivity index (χ0v) is 12.0. The Morgan fingerprint density at radius 3 is 2.61 bits per heavy atom. The van der Waals surface area contributed by atoms with Crippen LogP contribution in [0.3, 0.4) is 0 Å². The van der Waals surface area contributed by atoms with Crippen LogP contribution in [0, 0.1) is 17.5 Å². The number of hydrogen-bond acceptors (Lipinski definition) is 4. The number of nitrogens with one attached hydrogen (secondary N) is 2. The lowest BCUT2D eigenvalue weighted by Crippen LogP contribution is -2.39. The molecule has 9 heteroatoms. The summed E-state index contributed by atoms with van der Waals surface area (Å²) in [6.45, 7) is 1.22. The highest BCUT2D eigenvalue weighted by molar-refractivity contribution is 5.96. The number of rotatable bonds is 4. The summed E-state index contributed by atoms with van der Waals surface area (Å²) in [5.41, 5.74) is -0.578. The maximum atomic E-state index is 13.5. The number of halogens is 3. The normalized spacial score (nSPS) is 18.3. The van der Waals surface area contributed by atoms with E-state index in [1.807, 2.05) is 5.32 Å². The van der Waals surface area contributed by atoms with Crippen LogP contribution in [0.25, 0.3) is 0 Å². The quantitative estimate of drug-likeness (QED) is 0.643. The Morgan fingerprint density at radius 1 is 1.30 bits per heavy atom. The Labute approximate surface area is 129 Å². The first-order valence-corrected chi connectivity index (χ1v) is 6.74. The standard InChI is InChI=1S/C14H13F3N2O4/c1-6(23-14(22)9-4-5-10(20)18-9)13(21)19-8-3-2-7(15)11(16)12(8)17/h2-3,6,9H,4-5H2,1H3,(H,18,20)(H,19,21)/t6-,9+/m1/s1. The van der Waals surface area contributed by atoms with E-state index in [-0.39, 0.29) is 18.7 Å². The van der Waals surface area contributed by atoms with Gasteiger partial charge in [-0.3, -0.25) is 9.59 Å². The van der Waals surface area contributed by atoms with Crippen LogP contribution in [0.15, 0.2) is 12.1 Å². The Kier molecular flexibility index (Phi) is 4.87. The molecule has 1 heterocycles. The van der Waals surface area contributed by atoms with Gasteiger partial charge in [-0.25, -0.2) is 18.0 Å². The SMILES string of the molecule is C[C@@H](OC(=O)[C@@H]1CCC(=O)N1)C(=O)Nc1ccc(F)c(F)c1F. The maximum absolute atomic E-state index is 13.5. The number of hydrogen-bond donors (Lipinski definition) is 2. The van der Waals surface area contributed by atoms with Crippen LogP contribution in [0.1, 0.15) is 19.8 Å². The van der Waals surface area contributed by atoms with E-state index in [1.54, 1.807) is 0 Å². The third-order valence-electron chi connectivity index (χ3n) is 3.24. The zero-order valence-electron chi connectivity index (χ0n) is 12.0. The van der Waals surface area contributed by atoms with Crippen molar-refractivity contribution in [3.63, 3.8) is 0 Å². The van der Waals surface area contributed by atoms with E-state index in [4.69, 9.17) is 4.74 Å². The largest absolute Gasteiger partial charge is 0.451 e. The van der Waals surface area contributed by atoms with Crippen molar-refractivity contribution in [3.8, 4) is 0 Å². The number of esters is 1. The molecule has 6 nitrogen and oxygen atoms in total. The zero-order chi connectivity index (χ0) is 17.1. The van der Waals surface area contributed by atoms with Crippen LogP contribution in [0.5, 0.6) is 0 Å². The molecule has 0 saturated carbocycles. The van der Waals surface area contributed by atoms with Gasteiger partial charge in [-0.05, 0) is 25.5 Å². The van der Waals surface area contributed by atoms with Gasteiger partial charge in [0.15, 0.2) is 23.6 Å². The Bertz CT molecular complexity index is 666. The number of benzene rings is 1. The van der Waals surface area contributed by atoms with Gasteiger partial charge in [-0.2, -0.15) is 0 Å². The van der Waals surface area contributed by atoms with Gasteiger partial charge < -0.3 is 15.4 Å². The first kappa shape index (κ1) is 16.8. The molecule has 2 rings (SSSR count). The van der Waals surface area contributed by atoms with E-state index in [0.717, 1.165) is 6.07 Å². The van der Waals surface area contributed by atoms with Crippen molar-refractivity contribution in [3.05, 3.63) is 29.6 Å². The van der Waals surface area contributed by atoms with Crippen LogP contribution >= 0.6 is 0 Å². The highest BCUT2D eigenvalue weighted by atomic mass is 19.2. The van der Waals surface area contributed by atoms with Crippen molar-refractivity contribution in [2.75, 3.05) is 5.32 Å². The second-order valence-electron chi connectivity index (χ2n) is 4.95. The topological polar surface area (TPSA) is 84.5 Å². The molecule has 2 atom stereocenters. The molecule has 1 aromatic carbocycles. The molecule has 1 fully saturated rings. The molecular weight excluding hydrogens is 317 g/mol. The number of carbonyl (C=O) groups is 3. The van der Waals surface area contributed by atoms with Gasteiger partial charge >= 0.3 is 5.97 Å².